The van der Waals surface area contributed by atoms with Crippen molar-refractivity contribution in [3.8, 4) is 5.75 Å². The molecule has 0 radical (unpaired) electrons. The van der Waals surface area contributed by atoms with Crippen LogP contribution in [-0.4, -0.2) is 65.0 Å². The average molecular weight is 472 g/mol. The molecule has 0 bridgehead atoms. The SMILES string of the molecule is CCNC(=O)N(Cc1ccc(F)cc1)[C@@H]1CC(C(=O)NCCO)[C@@H]2c3ccccc3O[C@@H]2[C@H]1O. The number of aliphatic hydroxyl groups is 2. The molecule has 1 fully saturated rings. The van der Waals surface area contributed by atoms with E-state index in [4.69, 9.17) is 4.74 Å². The van der Waals surface area contributed by atoms with Crippen LogP contribution in [-0.2, 0) is 11.3 Å². The van der Waals surface area contributed by atoms with E-state index in [1.54, 1.807) is 25.1 Å². The number of amides is 3. The molecule has 0 spiro atoms. The van der Waals surface area contributed by atoms with Gasteiger partial charge in [0.15, 0.2) is 0 Å². The van der Waals surface area contributed by atoms with E-state index in [1.807, 2.05) is 18.2 Å². The highest BCUT2D eigenvalue weighted by molar-refractivity contribution is 5.81. The molecule has 8 nitrogen and oxygen atoms in total. The third-order valence-corrected chi connectivity index (χ3v) is 6.56. The van der Waals surface area contributed by atoms with Gasteiger partial charge in [-0.1, -0.05) is 30.3 Å². The maximum atomic E-state index is 13.4. The maximum absolute atomic E-state index is 13.4. The number of urea groups is 1. The zero-order chi connectivity index (χ0) is 24.2. The van der Waals surface area contributed by atoms with E-state index in [0.717, 1.165) is 5.56 Å². The number of nitrogens with zero attached hydrogens (tertiary/aromatic N) is 1. The zero-order valence-corrected chi connectivity index (χ0v) is 19.0. The first-order valence-electron chi connectivity index (χ1n) is 11.6. The van der Waals surface area contributed by atoms with Gasteiger partial charge in [0.05, 0.1) is 18.6 Å². The van der Waals surface area contributed by atoms with E-state index in [-0.39, 0.29) is 49.8 Å². The summed E-state index contributed by atoms with van der Waals surface area (Å²) < 4.78 is 19.5. The van der Waals surface area contributed by atoms with Crippen LogP contribution in [0.15, 0.2) is 48.5 Å². The second kappa shape index (κ2) is 10.4. The minimum absolute atomic E-state index is 0.109. The highest BCUT2D eigenvalue weighted by Crippen LogP contribution is 2.49. The monoisotopic (exact) mass is 471 g/mol. The number of fused-ring (bicyclic) bond motifs is 3. The van der Waals surface area contributed by atoms with Crippen LogP contribution < -0.4 is 15.4 Å². The normalized spacial score (nSPS) is 25.0. The number of benzene rings is 2. The van der Waals surface area contributed by atoms with Gasteiger partial charge in [0.1, 0.15) is 23.8 Å². The van der Waals surface area contributed by atoms with Crippen LogP contribution in [0.1, 0.15) is 30.4 Å². The number of aliphatic hydroxyl groups excluding tert-OH is 2. The fraction of sp³-hybridized carbons (Fsp3) is 0.440. The molecular weight excluding hydrogens is 441 g/mol. The summed E-state index contributed by atoms with van der Waals surface area (Å²) >= 11 is 0. The van der Waals surface area contributed by atoms with Crippen molar-refractivity contribution in [2.45, 2.75) is 44.1 Å². The summed E-state index contributed by atoms with van der Waals surface area (Å²) in [6.07, 6.45) is -1.57. The molecule has 34 heavy (non-hydrogen) atoms. The van der Waals surface area contributed by atoms with Crippen molar-refractivity contribution in [2.24, 2.45) is 5.92 Å². The molecule has 1 saturated carbocycles. The summed E-state index contributed by atoms with van der Waals surface area (Å²) in [6.45, 7) is 2.22. The van der Waals surface area contributed by atoms with Crippen molar-refractivity contribution >= 4 is 11.9 Å². The van der Waals surface area contributed by atoms with E-state index >= 15 is 0 Å². The number of carbonyl (C=O) groups excluding carboxylic acids is 2. The van der Waals surface area contributed by atoms with E-state index in [2.05, 4.69) is 10.6 Å². The molecule has 2 aliphatic rings. The molecule has 1 aliphatic carbocycles. The Kier molecular flexibility index (Phi) is 7.33. The molecule has 0 saturated heterocycles. The lowest BCUT2D eigenvalue weighted by Gasteiger charge is -2.45. The van der Waals surface area contributed by atoms with Gasteiger partial charge in [0, 0.05) is 31.1 Å². The van der Waals surface area contributed by atoms with Crippen LogP contribution in [0.4, 0.5) is 9.18 Å². The molecule has 1 aliphatic heterocycles. The number of nitrogens with one attached hydrogen (secondary N) is 2. The minimum Gasteiger partial charge on any atom is -0.487 e. The summed E-state index contributed by atoms with van der Waals surface area (Å²) in [5, 5.41) is 26.1. The van der Waals surface area contributed by atoms with Crippen LogP contribution in [0, 0.1) is 11.7 Å². The Bertz CT molecular complexity index is 1020. The largest absolute Gasteiger partial charge is 0.487 e. The summed E-state index contributed by atoms with van der Waals surface area (Å²) in [5.74, 6) is -1.01. The van der Waals surface area contributed by atoms with Gasteiger partial charge in [-0.05, 0) is 37.1 Å². The maximum Gasteiger partial charge on any atom is 0.318 e. The number of ether oxygens (including phenoxy) is 1. The lowest BCUT2D eigenvalue weighted by Crippen LogP contribution is -2.60. The van der Waals surface area contributed by atoms with Crippen molar-refractivity contribution in [3.63, 3.8) is 0 Å². The minimum atomic E-state index is -1.05. The highest BCUT2D eigenvalue weighted by atomic mass is 19.1. The van der Waals surface area contributed by atoms with Crippen molar-refractivity contribution in [3.05, 3.63) is 65.5 Å². The molecule has 1 unspecified atom stereocenters. The second-order valence-electron chi connectivity index (χ2n) is 8.65. The van der Waals surface area contributed by atoms with Gasteiger partial charge >= 0.3 is 6.03 Å². The molecular formula is C25H30FN3O5. The molecule has 182 valence electrons. The fourth-order valence-corrected chi connectivity index (χ4v) is 5.02. The molecule has 5 atom stereocenters. The molecule has 3 amide bonds. The van der Waals surface area contributed by atoms with Gasteiger partial charge in [-0.25, -0.2) is 9.18 Å². The topological polar surface area (TPSA) is 111 Å². The predicted octanol–water partition coefficient (Wildman–Crippen LogP) is 1.76. The number of para-hydroxylation sites is 1. The molecule has 0 aromatic heterocycles. The zero-order valence-electron chi connectivity index (χ0n) is 19.0. The van der Waals surface area contributed by atoms with Crippen LogP contribution >= 0.6 is 0 Å². The highest BCUT2D eigenvalue weighted by Gasteiger charge is 2.54. The van der Waals surface area contributed by atoms with Gasteiger partial charge in [0.25, 0.3) is 0 Å². The second-order valence-corrected chi connectivity index (χ2v) is 8.65. The van der Waals surface area contributed by atoms with Gasteiger partial charge < -0.3 is 30.5 Å². The molecule has 9 heteroatoms. The summed E-state index contributed by atoms with van der Waals surface area (Å²) in [7, 11) is 0. The van der Waals surface area contributed by atoms with E-state index in [0.29, 0.717) is 17.9 Å². The molecule has 4 rings (SSSR count). The standard InChI is InChI=1S/C25H30FN3O5/c1-2-27-25(33)29(14-15-7-9-16(26)10-8-15)19-13-18(24(32)28-11-12-30)21-17-5-3-4-6-20(17)34-23(21)22(19)31/h3-10,18-19,21-23,30-31H,2,11-14H2,1H3,(H,27,33)(H,28,32)/t18?,19-,21+,22+,23+/m1/s1. The first kappa shape index (κ1) is 24.0. The first-order valence-corrected chi connectivity index (χ1v) is 11.6. The van der Waals surface area contributed by atoms with Gasteiger partial charge in [-0.2, -0.15) is 0 Å². The smallest absolute Gasteiger partial charge is 0.318 e. The third kappa shape index (κ3) is 4.71. The molecule has 1 heterocycles. The summed E-state index contributed by atoms with van der Waals surface area (Å²) in [5.41, 5.74) is 1.54. The average Bonchev–Trinajstić information content (AvgIpc) is 3.23. The van der Waals surface area contributed by atoms with Crippen molar-refractivity contribution in [1.29, 1.82) is 0 Å². The quantitative estimate of drug-likeness (QED) is 0.492. The van der Waals surface area contributed by atoms with Crippen LogP contribution in [0.25, 0.3) is 0 Å². The van der Waals surface area contributed by atoms with Crippen LogP contribution in [0.2, 0.25) is 0 Å². The first-order chi connectivity index (χ1) is 16.4. The Balaban J connectivity index is 1.68. The van der Waals surface area contributed by atoms with E-state index in [1.165, 1.54) is 17.0 Å². The number of carbonyl (C=O) groups is 2. The number of hydrogen-bond donors (Lipinski definition) is 4. The molecule has 2 aromatic rings. The number of halogens is 1. The number of hydrogen-bond acceptors (Lipinski definition) is 5. The summed E-state index contributed by atoms with van der Waals surface area (Å²) in [6, 6.07) is 12.1. The Labute approximate surface area is 197 Å². The van der Waals surface area contributed by atoms with E-state index in [9.17, 15) is 24.2 Å². The van der Waals surface area contributed by atoms with E-state index < -0.39 is 24.2 Å². The van der Waals surface area contributed by atoms with Crippen molar-refractivity contribution in [2.75, 3.05) is 19.7 Å². The number of rotatable bonds is 7. The Morgan fingerprint density at radius 1 is 1.15 bits per heavy atom. The molecule has 4 N–H and O–H groups in total. The van der Waals surface area contributed by atoms with Gasteiger partial charge in [-0.15, -0.1) is 0 Å². The third-order valence-electron chi connectivity index (χ3n) is 6.56. The van der Waals surface area contributed by atoms with Gasteiger partial charge in [-0.3, -0.25) is 4.79 Å². The van der Waals surface area contributed by atoms with Crippen molar-refractivity contribution in [1.82, 2.24) is 15.5 Å². The van der Waals surface area contributed by atoms with Crippen molar-refractivity contribution < 1.29 is 28.9 Å². The lowest BCUT2D eigenvalue weighted by atomic mass is 9.70. The Hall–Kier alpha value is -3.17. The Morgan fingerprint density at radius 2 is 1.88 bits per heavy atom. The van der Waals surface area contributed by atoms with Gasteiger partial charge in [0.2, 0.25) is 5.91 Å². The van der Waals surface area contributed by atoms with Crippen LogP contribution in [0.3, 0.4) is 0 Å². The fourth-order valence-electron chi connectivity index (χ4n) is 5.02. The summed E-state index contributed by atoms with van der Waals surface area (Å²) in [4.78, 5) is 27.7. The Morgan fingerprint density at radius 3 is 2.59 bits per heavy atom. The molecule has 2 aromatic carbocycles. The predicted molar refractivity (Wildman–Crippen MR) is 123 cm³/mol. The van der Waals surface area contributed by atoms with Crippen LogP contribution in [0.5, 0.6) is 5.75 Å². The lowest BCUT2D eigenvalue weighted by molar-refractivity contribution is -0.132.